The molecule has 0 amide bonds. The van der Waals surface area contributed by atoms with Gasteiger partial charge in [-0.2, -0.15) is 0 Å². The monoisotopic (exact) mass is 298 g/mol. The third kappa shape index (κ3) is 3.11. The molecule has 3 aromatic heterocycles. The minimum atomic E-state index is -1.25. The number of aliphatic carboxylic acids is 1. The van der Waals surface area contributed by atoms with Crippen molar-refractivity contribution in [2.24, 2.45) is 0 Å². The molecule has 3 aromatic rings. The van der Waals surface area contributed by atoms with Crippen molar-refractivity contribution < 1.29 is 14.4 Å². The molecule has 8 heteroatoms. The van der Waals surface area contributed by atoms with Gasteiger partial charge >= 0.3 is 0 Å². The molecule has 0 bridgehead atoms. The van der Waals surface area contributed by atoms with Crippen molar-refractivity contribution in [1.82, 2.24) is 20.1 Å². The summed E-state index contributed by atoms with van der Waals surface area (Å²) < 4.78 is 5.10. The van der Waals surface area contributed by atoms with Crippen molar-refractivity contribution in [2.75, 3.05) is 5.32 Å². The van der Waals surface area contributed by atoms with E-state index in [9.17, 15) is 9.90 Å². The Hall–Kier alpha value is -3.16. The molecule has 0 unspecified atom stereocenters. The lowest BCUT2D eigenvalue weighted by Crippen LogP contribution is -2.42. The van der Waals surface area contributed by atoms with Crippen LogP contribution in [0.15, 0.2) is 47.5 Å². The maximum absolute atomic E-state index is 11.2. The highest BCUT2D eigenvalue weighted by Gasteiger charge is 2.15. The molecule has 22 heavy (non-hydrogen) atoms. The summed E-state index contributed by atoms with van der Waals surface area (Å²) >= 11 is 0. The standard InChI is InChI=1S/C14H13N5O3/c20-14(21)12(5-9-7-15-8-17-9)18-13-6-11(19-22-13)10-3-1-2-4-16-10/h1-4,6-8,12,18H,5H2,(H,15,17)(H,20,21)/p-1/t12-/m1/s1. The molecular weight excluding hydrogens is 286 g/mol. The summed E-state index contributed by atoms with van der Waals surface area (Å²) in [5.74, 6) is -1.01. The second-order valence-electron chi connectivity index (χ2n) is 4.59. The predicted molar refractivity (Wildman–Crippen MR) is 74.4 cm³/mol. The van der Waals surface area contributed by atoms with E-state index in [-0.39, 0.29) is 12.3 Å². The quantitative estimate of drug-likeness (QED) is 0.668. The highest BCUT2D eigenvalue weighted by atomic mass is 16.5. The van der Waals surface area contributed by atoms with Crippen LogP contribution in [0.2, 0.25) is 0 Å². The van der Waals surface area contributed by atoms with Crippen LogP contribution in [0.3, 0.4) is 0 Å². The summed E-state index contributed by atoms with van der Waals surface area (Å²) in [6, 6.07) is 6.02. The van der Waals surface area contributed by atoms with E-state index in [0.717, 1.165) is 0 Å². The van der Waals surface area contributed by atoms with Crippen molar-refractivity contribution in [3.05, 3.63) is 48.7 Å². The van der Waals surface area contributed by atoms with Gasteiger partial charge in [0.15, 0.2) is 0 Å². The number of carbonyl (C=O) groups excluding carboxylic acids is 1. The number of imidazole rings is 1. The van der Waals surface area contributed by atoms with E-state index < -0.39 is 12.0 Å². The normalized spacial score (nSPS) is 12.0. The van der Waals surface area contributed by atoms with Gasteiger partial charge in [-0.15, -0.1) is 0 Å². The SMILES string of the molecule is O=C([O-])[C@@H](Cc1cnc[nH]1)Nc1cc(-c2ccccn2)no1. The third-order valence-corrected chi connectivity index (χ3v) is 3.02. The van der Waals surface area contributed by atoms with Crippen LogP contribution in [0, 0.1) is 0 Å². The Morgan fingerprint density at radius 2 is 2.32 bits per heavy atom. The van der Waals surface area contributed by atoms with Gasteiger partial charge in [-0.25, -0.2) is 4.98 Å². The number of hydrogen-bond donors (Lipinski definition) is 2. The van der Waals surface area contributed by atoms with Crippen molar-refractivity contribution in [3.8, 4) is 11.4 Å². The van der Waals surface area contributed by atoms with Crippen molar-refractivity contribution in [2.45, 2.75) is 12.5 Å². The minimum absolute atomic E-state index is 0.182. The van der Waals surface area contributed by atoms with Gasteiger partial charge in [0.1, 0.15) is 5.69 Å². The maximum atomic E-state index is 11.2. The van der Waals surface area contributed by atoms with Crippen LogP contribution in [0.5, 0.6) is 0 Å². The van der Waals surface area contributed by atoms with Gasteiger partial charge in [-0.3, -0.25) is 4.98 Å². The number of aromatic amines is 1. The van der Waals surface area contributed by atoms with E-state index in [0.29, 0.717) is 17.1 Å². The summed E-state index contributed by atoms with van der Waals surface area (Å²) in [5.41, 5.74) is 1.82. The first-order valence-electron chi connectivity index (χ1n) is 6.55. The fourth-order valence-electron chi connectivity index (χ4n) is 1.96. The number of carboxylic acids is 1. The Kier molecular flexibility index (Phi) is 3.82. The number of rotatable bonds is 6. The molecule has 2 N–H and O–H groups in total. The first-order chi connectivity index (χ1) is 10.7. The summed E-state index contributed by atoms with van der Waals surface area (Å²) in [6.07, 6.45) is 4.86. The molecule has 3 rings (SSSR count). The molecule has 0 radical (unpaired) electrons. The van der Waals surface area contributed by atoms with Gasteiger partial charge < -0.3 is 24.7 Å². The number of aromatic nitrogens is 4. The number of hydrogen-bond acceptors (Lipinski definition) is 7. The number of nitrogens with one attached hydrogen (secondary N) is 2. The van der Waals surface area contributed by atoms with Gasteiger partial charge in [0.2, 0.25) is 5.88 Å². The van der Waals surface area contributed by atoms with Crippen LogP contribution >= 0.6 is 0 Å². The zero-order chi connectivity index (χ0) is 15.4. The average Bonchev–Trinajstić information content (AvgIpc) is 3.19. The van der Waals surface area contributed by atoms with Crippen LogP contribution in [0.1, 0.15) is 5.69 Å². The third-order valence-electron chi connectivity index (χ3n) is 3.02. The molecule has 3 heterocycles. The molecule has 8 nitrogen and oxygen atoms in total. The molecule has 0 aliphatic heterocycles. The molecule has 0 spiro atoms. The molecule has 0 aromatic carbocycles. The lowest BCUT2D eigenvalue weighted by atomic mass is 10.1. The van der Waals surface area contributed by atoms with E-state index in [1.54, 1.807) is 30.6 Å². The number of H-pyrrole nitrogens is 1. The van der Waals surface area contributed by atoms with Gasteiger partial charge in [-0.05, 0) is 12.1 Å². The summed E-state index contributed by atoms with van der Waals surface area (Å²) in [6.45, 7) is 0. The first-order valence-corrected chi connectivity index (χ1v) is 6.55. The Morgan fingerprint density at radius 3 is 3.00 bits per heavy atom. The fraction of sp³-hybridized carbons (Fsp3) is 0.143. The summed E-state index contributed by atoms with van der Waals surface area (Å²) in [5, 5.41) is 17.8. The smallest absolute Gasteiger partial charge is 0.225 e. The number of pyridine rings is 1. The van der Waals surface area contributed by atoms with E-state index >= 15 is 0 Å². The second kappa shape index (κ2) is 6.08. The topological polar surface area (TPSA) is 120 Å². The van der Waals surface area contributed by atoms with E-state index in [4.69, 9.17) is 4.52 Å². The summed E-state index contributed by atoms with van der Waals surface area (Å²) in [7, 11) is 0. The van der Waals surface area contributed by atoms with Gasteiger partial charge in [0, 0.05) is 30.6 Å². The van der Waals surface area contributed by atoms with Crippen LogP contribution in [-0.2, 0) is 11.2 Å². The van der Waals surface area contributed by atoms with Gasteiger partial charge in [-0.1, -0.05) is 11.2 Å². The number of carboxylic acid groups (broad SMARTS) is 1. The molecule has 0 fully saturated rings. The van der Waals surface area contributed by atoms with Crippen molar-refractivity contribution >= 4 is 11.9 Å². The highest BCUT2D eigenvalue weighted by molar-refractivity contribution is 5.75. The first kappa shape index (κ1) is 13.8. The number of anilines is 1. The fourth-order valence-corrected chi connectivity index (χ4v) is 1.96. The van der Waals surface area contributed by atoms with E-state index in [2.05, 4.69) is 25.4 Å². The Balaban J connectivity index is 1.73. The number of carbonyl (C=O) groups is 1. The molecule has 0 saturated carbocycles. The average molecular weight is 298 g/mol. The lowest BCUT2D eigenvalue weighted by Gasteiger charge is -2.17. The Labute approximate surface area is 125 Å². The molecule has 0 saturated heterocycles. The van der Waals surface area contributed by atoms with Crippen LogP contribution < -0.4 is 10.4 Å². The van der Waals surface area contributed by atoms with Crippen LogP contribution in [-0.4, -0.2) is 32.1 Å². The molecule has 1 atom stereocenters. The van der Waals surface area contributed by atoms with Crippen LogP contribution in [0.4, 0.5) is 5.88 Å². The Morgan fingerprint density at radius 1 is 1.41 bits per heavy atom. The second-order valence-corrected chi connectivity index (χ2v) is 4.59. The minimum Gasteiger partial charge on any atom is -0.548 e. The molecular formula is C14H12N5O3-. The molecule has 112 valence electrons. The predicted octanol–water partition coefficient (Wildman–Crippen LogP) is 0.233. The zero-order valence-corrected chi connectivity index (χ0v) is 11.4. The Bertz CT molecular complexity index is 739. The largest absolute Gasteiger partial charge is 0.548 e. The van der Waals surface area contributed by atoms with Crippen LogP contribution in [0.25, 0.3) is 11.4 Å². The van der Waals surface area contributed by atoms with Crippen molar-refractivity contribution in [1.29, 1.82) is 0 Å². The molecule has 0 aliphatic rings. The van der Waals surface area contributed by atoms with Crippen molar-refractivity contribution in [3.63, 3.8) is 0 Å². The van der Waals surface area contributed by atoms with Gasteiger partial charge in [0.25, 0.3) is 0 Å². The highest BCUT2D eigenvalue weighted by Crippen LogP contribution is 2.20. The maximum Gasteiger partial charge on any atom is 0.225 e. The van der Waals surface area contributed by atoms with E-state index in [1.165, 1.54) is 6.33 Å². The zero-order valence-electron chi connectivity index (χ0n) is 11.4. The summed E-state index contributed by atoms with van der Waals surface area (Å²) in [4.78, 5) is 22.1. The number of nitrogens with zero attached hydrogens (tertiary/aromatic N) is 3. The van der Waals surface area contributed by atoms with Gasteiger partial charge in [0.05, 0.1) is 24.0 Å². The lowest BCUT2D eigenvalue weighted by molar-refractivity contribution is -0.306. The molecule has 0 aliphatic carbocycles. The van der Waals surface area contributed by atoms with E-state index in [1.807, 2.05) is 6.07 Å².